The van der Waals surface area contributed by atoms with E-state index in [0.29, 0.717) is 0 Å². The van der Waals surface area contributed by atoms with Crippen LogP contribution in [0, 0.1) is 5.66 Å². The van der Waals surface area contributed by atoms with Crippen LogP contribution in [0.1, 0.15) is 36.5 Å². The first-order valence-electron chi connectivity index (χ1n) is 17.6. The normalized spacial score (nSPS) is 12.7. The second-order valence-corrected chi connectivity index (χ2v) is 16.9. The van der Waals surface area contributed by atoms with Crippen LogP contribution in [0.3, 0.4) is 0 Å². The van der Waals surface area contributed by atoms with E-state index in [1.54, 1.807) is 0 Å². The molecule has 1 radical (unpaired) electrons. The zero-order chi connectivity index (χ0) is 37.9. The Bertz CT molecular complexity index is 2240. The van der Waals surface area contributed by atoms with Crippen LogP contribution >= 0.6 is 15.8 Å². The van der Waals surface area contributed by atoms with Gasteiger partial charge in [0.15, 0.2) is 0 Å². The monoisotopic (exact) mass is 843 g/mol. The van der Waals surface area contributed by atoms with Gasteiger partial charge in [-0.15, -0.1) is 13.5 Å². The van der Waals surface area contributed by atoms with Gasteiger partial charge in [-0.1, -0.05) is 188 Å². The minimum Gasteiger partial charge on any atom is -0.550 e. The molecular formula is C48H39O4P2Ru. The number of aliphatic carboxylic acids is 2. The molecule has 4 nitrogen and oxygen atoms in total. The maximum absolute atomic E-state index is 8.89. The van der Waals surface area contributed by atoms with Crippen molar-refractivity contribution in [2.24, 2.45) is 0 Å². The standard InChI is InChI=1S/C44H33P2.2C2H4O2.Ru/c1-5-19-35(20-6-1)45(36-21-7-2-8-22-36)41-31-29-33-17-13-15-27-39(33)43(41)44-40-28-16-14-18-34(40)30-32-42(44)46(37-23-9-3-10-24-37)38-25-11-4-12-26-38;2*1-2(3)4;/h1-32,43H;2*1H3,(H,3,4);/q-1;;;+3/p-2. The summed E-state index contributed by atoms with van der Waals surface area (Å²) in [6.07, 6.45) is 4.81. The molecule has 0 aromatic heterocycles. The molecule has 0 aliphatic heterocycles. The predicted octanol–water partition coefficient (Wildman–Crippen LogP) is 6.93. The van der Waals surface area contributed by atoms with Crippen LogP contribution < -0.4 is 36.7 Å². The molecule has 0 saturated heterocycles. The van der Waals surface area contributed by atoms with E-state index >= 15 is 0 Å². The summed E-state index contributed by atoms with van der Waals surface area (Å²) < 4.78 is 0. The van der Waals surface area contributed by atoms with Gasteiger partial charge in [-0.2, -0.15) is 5.66 Å². The molecule has 7 heteroatoms. The van der Waals surface area contributed by atoms with Crippen molar-refractivity contribution in [2.45, 2.75) is 19.8 Å². The topological polar surface area (TPSA) is 80.3 Å². The number of carbonyl (C=O) groups excluding carboxylic acids is 2. The third kappa shape index (κ3) is 10.1. The van der Waals surface area contributed by atoms with E-state index in [4.69, 9.17) is 19.8 Å². The number of carboxylic acid groups (broad SMARTS) is 2. The van der Waals surface area contributed by atoms with E-state index in [2.05, 4.69) is 194 Å². The molecular weight excluding hydrogens is 804 g/mol. The number of benzene rings is 7. The second-order valence-electron chi connectivity index (χ2n) is 12.5. The molecule has 7 aromatic carbocycles. The average molecular weight is 843 g/mol. The molecule has 1 unspecified atom stereocenters. The number of carboxylic acids is 2. The van der Waals surface area contributed by atoms with Crippen LogP contribution in [0.25, 0.3) is 16.8 Å². The Morgan fingerprint density at radius 3 is 1.45 bits per heavy atom. The predicted molar refractivity (Wildman–Crippen MR) is 224 cm³/mol. The maximum Gasteiger partial charge on any atom is 3.00 e. The largest absolute Gasteiger partial charge is 3.00 e. The number of allylic oxidation sites excluding steroid dienone is 1. The Kier molecular flexibility index (Phi) is 14.9. The molecule has 0 spiro atoms. The number of hydrogen-bond donors (Lipinski definition) is 0. The van der Waals surface area contributed by atoms with Gasteiger partial charge >= 0.3 is 19.5 Å². The molecule has 1 aliphatic rings. The first-order chi connectivity index (χ1) is 26.3. The van der Waals surface area contributed by atoms with Gasteiger partial charge < -0.3 is 19.8 Å². The van der Waals surface area contributed by atoms with E-state index in [1.807, 2.05) is 0 Å². The molecule has 1 aliphatic carbocycles. The molecule has 55 heavy (non-hydrogen) atoms. The van der Waals surface area contributed by atoms with Gasteiger partial charge in [0, 0.05) is 11.9 Å². The van der Waals surface area contributed by atoms with Crippen molar-refractivity contribution < 1.29 is 39.3 Å². The molecule has 0 bridgehead atoms. The first kappa shape index (κ1) is 41.0. The Morgan fingerprint density at radius 2 is 0.945 bits per heavy atom. The molecule has 0 N–H and O–H groups in total. The van der Waals surface area contributed by atoms with Gasteiger partial charge in [0.25, 0.3) is 0 Å². The molecule has 0 saturated carbocycles. The van der Waals surface area contributed by atoms with Gasteiger partial charge in [-0.25, -0.2) is 12.2 Å². The fraction of sp³-hybridized carbons (Fsp3) is 0.0625. The number of carbonyl (C=O) groups is 2. The minimum atomic E-state index is -1.08. The summed E-state index contributed by atoms with van der Waals surface area (Å²) >= 11 is 0. The molecule has 1 atom stereocenters. The summed E-state index contributed by atoms with van der Waals surface area (Å²) in [4.78, 5) is 17.8. The molecule has 7 aromatic rings. The molecule has 0 heterocycles. The van der Waals surface area contributed by atoms with E-state index in [9.17, 15) is 0 Å². The zero-order valence-corrected chi connectivity index (χ0v) is 34.0. The molecule has 273 valence electrons. The quantitative estimate of drug-likeness (QED) is 0.0992. The summed E-state index contributed by atoms with van der Waals surface area (Å²) in [6.45, 7) is 1.94. The molecule has 0 fully saturated rings. The van der Waals surface area contributed by atoms with Crippen molar-refractivity contribution in [1.29, 1.82) is 0 Å². The van der Waals surface area contributed by atoms with Crippen LogP contribution in [0.4, 0.5) is 0 Å². The number of fused-ring (bicyclic) bond motifs is 2. The van der Waals surface area contributed by atoms with E-state index in [1.165, 1.54) is 59.6 Å². The second kappa shape index (κ2) is 20.0. The van der Waals surface area contributed by atoms with Crippen LogP contribution in [-0.2, 0) is 29.1 Å². The van der Waals surface area contributed by atoms with Crippen molar-refractivity contribution in [3.8, 4) is 0 Å². The number of hydrogen-bond acceptors (Lipinski definition) is 4. The van der Waals surface area contributed by atoms with Crippen molar-refractivity contribution in [3.63, 3.8) is 0 Å². The van der Waals surface area contributed by atoms with Crippen LogP contribution in [0.5, 0.6) is 0 Å². The minimum absolute atomic E-state index is 0. The third-order valence-electron chi connectivity index (χ3n) is 8.83. The van der Waals surface area contributed by atoms with Gasteiger partial charge in [0.05, 0.1) is 0 Å². The summed E-state index contributed by atoms with van der Waals surface area (Å²) in [6, 6.07) is 67.4. The fourth-order valence-electron chi connectivity index (χ4n) is 6.83. The average Bonchev–Trinajstić information content (AvgIpc) is 3.19. The molecule has 0 amide bonds. The van der Waals surface area contributed by atoms with Crippen LogP contribution in [-0.4, -0.2) is 11.9 Å². The van der Waals surface area contributed by atoms with Gasteiger partial charge in [-0.3, -0.25) is 0 Å². The van der Waals surface area contributed by atoms with Gasteiger partial charge in [0.2, 0.25) is 0 Å². The van der Waals surface area contributed by atoms with E-state index in [-0.39, 0.29) is 25.4 Å². The van der Waals surface area contributed by atoms with Gasteiger partial charge in [0.1, 0.15) is 0 Å². The fourth-order valence-corrected chi connectivity index (χ4v) is 11.9. The Balaban J connectivity index is 0.000000591. The smallest absolute Gasteiger partial charge is 0.550 e. The van der Waals surface area contributed by atoms with Crippen molar-refractivity contribution in [2.75, 3.05) is 0 Å². The summed E-state index contributed by atoms with van der Waals surface area (Å²) in [5, 5.41) is 27.3. The van der Waals surface area contributed by atoms with Crippen molar-refractivity contribution in [3.05, 3.63) is 210 Å². The maximum atomic E-state index is 8.89. The van der Waals surface area contributed by atoms with Crippen LogP contribution in [0.2, 0.25) is 0 Å². The molecule has 8 rings (SSSR count). The third-order valence-corrected chi connectivity index (χ3v) is 13.9. The Labute approximate surface area is 338 Å². The van der Waals surface area contributed by atoms with Crippen molar-refractivity contribution >= 4 is 71.2 Å². The van der Waals surface area contributed by atoms with Crippen LogP contribution in [0.15, 0.2) is 188 Å². The van der Waals surface area contributed by atoms with Gasteiger partial charge in [-0.05, 0) is 70.5 Å². The number of rotatable bonds is 7. The zero-order valence-electron chi connectivity index (χ0n) is 30.4. The SMILES string of the molecule is C1=C[C-](P(c2ccccc2)c2ccccc2)C(c2c(P(c3ccccc3)c3ccccc3)ccc3ccccc23)c2ccccc21.CC(=O)[O-].CC(=O)[O-].[Ru+3]. The Hall–Kier alpha value is -5.17. The Morgan fingerprint density at radius 1 is 0.527 bits per heavy atom. The summed E-state index contributed by atoms with van der Waals surface area (Å²) in [5.41, 5.74) is 5.59. The van der Waals surface area contributed by atoms with Crippen molar-refractivity contribution in [1.82, 2.24) is 0 Å². The van der Waals surface area contributed by atoms with E-state index < -0.39 is 27.8 Å². The van der Waals surface area contributed by atoms with E-state index in [0.717, 1.165) is 13.8 Å². The first-order valence-corrected chi connectivity index (χ1v) is 20.3. The summed E-state index contributed by atoms with van der Waals surface area (Å²) in [5.74, 6) is -2.08. The summed E-state index contributed by atoms with van der Waals surface area (Å²) in [7, 11) is -1.65.